The molecule has 0 aromatic heterocycles. The number of hydrogen-bond donors (Lipinski definition) is 1. The average molecular weight is 290 g/mol. The van der Waals surface area contributed by atoms with Crippen molar-refractivity contribution in [2.24, 2.45) is 0 Å². The molecule has 21 heavy (non-hydrogen) atoms. The number of methoxy groups -OCH3 is 2. The molecule has 1 N–H and O–H groups in total. The van der Waals surface area contributed by atoms with E-state index in [1.807, 2.05) is 6.92 Å². The molecule has 1 aliphatic rings. The molecule has 0 aliphatic heterocycles. The third kappa shape index (κ3) is 2.56. The number of aliphatic hydroxyl groups excluding tert-OH is 1. The van der Waals surface area contributed by atoms with Crippen LogP contribution in [0.15, 0.2) is 23.8 Å². The third-order valence-corrected chi connectivity index (χ3v) is 3.51. The number of hydrogen-bond acceptors (Lipinski definition) is 5. The van der Waals surface area contributed by atoms with E-state index in [0.29, 0.717) is 24.3 Å². The van der Waals surface area contributed by atoms with Gasteiger partial charge in [-0.05, 0) is 24.6 Å². The molecule has 1 aliphatic carbocycles. The summed E-state index contributed by atoms with van der Waals surface area (Å²) >= 11 is 0. The minimum atomic E-state index is -0.949. The van der Waals surface area contributed by atoms with Gasteiger partial charge in [-0.2, -0.15) is 0 Å². The Morgan fingerprint density at radius 1 is 1.10 bits per heavy atom. The van der Waals surface area contributed by atoms with Crippen LogP contribution < -0.4 is 9.47 Å². The molecule has 0 fully saturated rings. The van der Waals surface area contributed by atoms with Gasteiger partial charge in [-0.3, -0.25) is 9.59 Å². The predicted octanol–water partition coefficient (Wildman–Crippen LogP) is 2.17. The highest BCUT2D eigenvalue weighted by molar-refractivity contribution is 6.27. The Labute approximate surface area is 123 Å². The van der Waals surface area contributed by atoms with Crippen LogP contribution in [0, 0.1) is 0 Å². The summed E-state index contributed by atoms with van der Waals surface area (Å²) in [5, 5.41) is 10.1. The monoisotopic (exact) mass is 290 g/mol. The fourth-order valence-electron chi connectivity index (χ4n) is 2.47. The zero-order valence-electron chi connectivity index (χ0n) is 12.3. The second-order valence-corrected chi connectivity index (χ2v) is 4.82. The number of ether oxygens (including phenoxy) is 2. The summed E-state index contributed by atoms with van der Waals surface area (Å²) in [4.78, 5) is 24.9. The molecule has 112 valence electrons. The number of aliphatic hydroxyl groups is 1. The topological polar surface area (TPSA) is 72.8 Å². The number of carbonyl (C=O) groups excluding carboxylic acids is 2. The predicted molar refractivity (Wildman–Crippen MR) is 77.2 cm³/mol. The van der Waals surface area contributed by atoms with Crippen LogP contribution in [-0.2, 0) is 0 Å². The van der Waals surface area contributed by atoms with E-state index >= 15 is 0 Å². The molecular weight excluding hydrogens is 272 g/mol. The average Bonchev–Trinajstić information content (AvgIpc) is 2.49. The molecule has 2 rings (SSSR count). The van der Waals surface area contributed by atoms with Crippen molar-refractivity contribution in [3.05, 3.63) is 34.9 Å². The van der Waals surface area contributed by atoms with E-state index in [1.165, 1.54) is 20.3 Å². The standard InChI is InChI=1S/C16H18O5/c1-4-5-10(17)9-8-11(18)14-12(20-2)6-7-13(21-3)15(14)16(9)19/h6-8,10,17H,4-5H2,1-3H3. The highest BCUT2D eigenvalue weighted by Gasteiger charge is 2.34. The van der Waals surface area contributed by atoms with Crippen LogP contribution in [0.3, 0.4) is 0 Å². The molecule has 1 atom stereocenters. The first-order valence-corrected chi connectivity index (χ1v) is 6.78. The fraction of sp³-hybridized carbons (Fsp3) is 0.375. The number of fused-ring (bicyclic) bond motifs is 1. The van der Waals surface area contributed by atoms with Gasteiger partial charge >= 0.3 is 0 Å². The van der Waals surface area contributed by atoms with Crippen molar-refractivity contribution in [3.8, 4) is 11.5 Å². The Balaban J connectivity index is 2.60. The molecule has 0 saturated carbocycles. The smallest absolute Gasteiger partial charge is 0.196 e. The van der Waals surface area contributed by atoms with E-state index in [2.05, 4.69) is 0 Å². The van der Waals surface area contributed by atoms with Gasteiger partial charge in [0.15, 0.2) is 11.6 Å². The molecule has 0 bridgehead atoms. The van der Waals surface area contributed by atoms with Gasteiger partial charge in [-0.15, -0.1) is 0 Å². The van der Waals surface area contributed by atoms with Gasteiger partial charge in [-0.1, -0.05) is 13.3 Å². The summed E-state index contributed by atoms with van der Waals surface area (Å²) < 4.78 is 10.3. The number of allylic oxidation sites excluding steroid dienone is 1. The van der Waals surface area contributed by atoms with Gasteiger partial charge in [0.2, 0.25) is 0 Å². The SMILES string of the molecule is CCCC(O)C1=CC(=O)c2c(OC)ccc(OC)c2C1=O. The molecule has 1 aromatic rings. The van der Waals surface area contributed by atoms with E-state index < -0.39 is 6.10 Å². The van der Waals surface area contributed by atoms with Crippen molar-refractivity contribution in [1.82, 2.24) is 0 Å². The van der Waals surface area contributed by atoms with E-state index in [0.717, 1.165) is 0 Å². The quantitative estimate of drug-likeness (QED) is 0.899. The lowest BCUT2D eigenvalue weighted by Crippen LogP contribution is -2.26. The van der Waals surface area contributed by atoms with Crippen molar-refractivity contribution in [3.63, 3.8) is 0 Å². The molecule has 0 heterocycles. The molecule has 5 nitrogen and oxygen atoms in total. The third-order valence-electron chi connectivity index (χ3n) is 3.51. The van der Waals surface area contributed by atoms with Crippen molar-refractivity contribution >= 4 is 11.6 Å². The van der Waals surface area contributed by atoms with Crippen LogP contribution in [0.4, 0.5) is 0 Å². The zero-order valence-corrected chi connectivity index (χ0v) is 12.3. The summed E-state index contributed by atoms with van der Waals surface area (Å²) in [5.74, 6) is -0.116. The summed E-state index contributed by atoms with van der Waals surface area (Å²) in [6.07, 6.45) is 1.39. The van der Waals surface area contributed by atoms with Crippen LogP contribution in [0.1, 0.15) is 40.5 Å². The van der Waals surface area contributed by atoms with Gasteiger partial charge in [0.25, 0.3) is 0 Å². The molecule has 0 saturated heterocycles. The summed E-state index contributed by atoms with van der Waals surface area (Å²) in [5.41, 5.74) is 0.463. The van der Waals surface area contributed by atoms with Gasteiger partial charge in [-0.25, -0.2) is 0 Å². The van der Waals surface area contributed by atoms with Crippen molar-refractivity contribution in [2.75, 3.05) is 14.2 Å². The molecular formula is C16H18O5. The van der Waals surface area contributed by atoms with E-state index in [1.54, 1.807) is 12.1 Å². The number of ketones is 2. The van der Waals surface area contributed by atoms with Gasteiger partial charge in [0.05, 0.1) is 31.5 Å². The zero-order chi connectivity index (χ0) is 15.6. The first-order chi connectivity index (χ1) is 10.0. The number of benzene rings is 1. The van der Waals surface area contributed by atoms with Crippen LogP contribution in [-0.4, -0.2) is 37.0 Å². The fourth-order valence-corrected chi connectivity index (χ4v) is 2.47. The lowest BCUT2D eigenvalue weighted by Gasteiger charge is -2.22. The van der Waals surface area contributed by atoms with E-state index in [4.69, 9.17) is 9.47 Å². The summed E-state index contributed by atoms with van der Waals surface area (Å²) in [6.45, 7) is 1.90. The first-order valence-electron chi connectivity index (χ1n) is 6.78. The van der Waals surface area contributed by atoms with Crippen LogP contribution in [0.2, 0.25) is 0 Å². The second-order valence-electron chi connectivity index (χ2n) is 4.82. The summed E-state index contributed by atoms with van der Waals surface area (Å²) in [6, 6.07) is 3.17. The minimum Gasteiger partial charge on any atom is -0.496 e. The Morgan fingerprint density at radius 3 is 2.19 bits per heavy atom. The maximum Gasteiger partial charge on any atom is 0.196 e. The first kappa shape index (κ1) is 15.3. The largest absolute Gasteiger partial charge is 0.496 e. The van der Waals surface area contributed by atoms with Crippen LogP contribution in [0.25, 0.3) is 0 Å². The van der Waals surface area contributed by atoms with Crippen LogP contribution in [0.5, 0.6) is 11.5 Å². The van der Waals surface area contributed by atoms with Gasteiger partial charge in [0.1, 0.15) is 11.5 Å². The van der Waals surface area contributed by atoms with Gasteiger partial charge < -0.3 is 14.6 Å². The molecule has 0 radical (unpaired) electrons. The minimum absolute atomic E-state index is 0.112. The number of carbonyl (C=O) groups is 2. The molecule has 1 aromatic carbocycles. The molecule has 5 heteroatoms. The maximum atomic E-state index is 12.6. The molecule has 0 spiro atoms. The second kappa shape index (κ2) is 6.10. The Bertz CT molecular complexity index is 615. The lowest BCUT2D eigenvalue weighted by molar-refractivity contribution is 0.0937. The highest BCUT2D eigenvalue weighted by Crippen LogP contribution is 2.36. The van der Waals surface area contributed by atoms with Crippen molar-refractivity contribution in [1.29, 1.82) is 0 Å². The number of Topliss-reactive ketones (excluding diaryl/α,β-unsaturated/α-hetero) is 1. The Morgan fingerprint density at radius 2 is 1.67 bits per heavy atom. The normalized spacial score (nSPS) is 15.3. The van der Waals surface area contributed by atoms with E-state index in [-0.39, 0.29) is 28.3 Å². The van der Waals surface area contributed by atoms with Gasteiger partial charge in [0, 0.05) is 5.57 Å². The highest BCUT2D eigenvalue weighted by atomic mass is 16.5. The maximum absolute atomic E-state index is 12.6. The number of rotatable bonds is 5. The lowest BCUT2D eigenvalue weighted by atomic mass is 9.85. The Hall–Kier alpha value is -2.14. The summed E-state index contributed by atoms with van der Waals surface area (Å²) in [7, 11) is 2.87. The van der Waals surface area contributed by atoms with E-state index in [9.17, 15) is 14.7 Å². The molecule has 1 unspecified atom stereocenters. The Kier molecular flexibility index (Phi) is 4.43. The van der Waals surface area contributed by atoms with Crippen LogP contribution >= 0.6 is 0 Å². The van der Waals surface area contributed by atoms with Crippen molar-refractivity contribution in [2.45, 2.75) is 25.9 Å². The van der Waals surface area contributed by atoms with Crippen molar-refractivity contribution < 1.29 is 24.2 Å². The molecule has 0 amide bonds.